The van der Waals surface area contributed by atoms with Gasteiger partial charge >= 0.3 is 12.5 Å². The molecule has 2 aromatic rings. The Hall–Kier alpha value is -3.23. The molecule has 0 spiro atoms. The monoisotopic (exact) mass is 479 g/mol. The molecule has 3 rings (SSSR count). The highest BCUT2D eigenvalue weighted by Gasteiger charge is 2.33. The van der Waals surface area contributed by atoms with Crippen molar-refractivity contribution < 1.29 is 37.0 Å². The fourth-order valence-corrected chi connectivity index (χ4v) is 3.58. The smallest absolute Gasteiger partial charge is 0.489 e. The summed E-state index contributed by atoms with van der Waals surface area (Å²) in [6.07, 6.45) is -3.24. The van der Waals surface area contributed by atoms with Gasteiger partial charge in [0, 0.05) is 18.7 Å². The number of likely N-dealkylation sites (tertiary alicyclic amines) is 1. The van der Waals surface area contributed by atoms with Crippen molar-refractivity contribution in [2.45, 2.75) is 45.6 Å². The van der Waals surface area contributed by atoms with Gasteiger partial charge in [-0.15, -0.1) is 13.2 Å². The van der Waals surface area contributed by atoms with E-state index in [2.05, 4.69) is 4.74 Å². The fourth-order valence-electron chi connectivity index (χ4n) is 3.58. The molecule has 9 heteroatoms. The summed E-state index contributed by atoms with van der Waals surface area (Å²) in [5.41, 5.74) is 1.26. The molecule has 184 valence electrons. The molecular formula is C25H28F3NO5. The molecule has 1 aliphatic rings. The molecule has 0 atom stereocenters. The molecule has 0 bridgehead atoms. The maximum atomic E-state index is 12.9. The summed E-state index contributed by atoms with van der Waals surface area (Å²) >= 11 is 0. The molecule has 1 amide bonds. The highest BCUT2D eigenvalue weighted by Crippen LogP contribution is 2.36. The Morgan fingerprint density at radius 1 is 1.00 bits per heavy atom. The van der Waals surface area contributed by atoms with Crippen molar-refractivity contribution in [1.82, 2.24) is 4.90 Å². The lowest BCUT2D eigenvalue weighted by Crippen LogP contribution is -2.42. The van der Waals surface area contributed by atoms with Crippen LogP contribution in [0.3, 0.4) is 0 Å². The predicted molar refractivity (Wildman–Crippen MR) is 120 cm³/mol. The second-order valence-electron chi connectivity index (χ2n) is 9.17. The molecule has 6 nitrogen and oxygen atoms in total. The summed E-state index contributed by atoms with van der Waals surface area (Å²) in [5.74, 6) is -0.385. The third kappa shape index (κ3) is 7.40. The Balaban J connectivity index is 1.68. The quantitative estimate of drug-likeness (QED) is 0.469. The molecule has 1 aliphatic heterocycles. The summed E-state index contributed by atoms with van der Waals surface area (Å²) in [6, 6.07) is 10.9. The summed E-state index contributed by atoms with van der Waals surface area (Å²) in [4.78, 5) is 24.7. The van der Waals surface area contributed by atoms with Gasteiger partial charge in [0.1, 0.15) is 11.9 Å². The van der Waals surface area contributed by atoms with Gasteiger partial charge in [0.25, 0.3) is 0 Å². The number of halogens is 3. The van der Waals surface area contributed by atoms with Gasteiger partial charge in [-0.2, -0.15) is 0 Å². The van der Waals surface area contributed by atoms with Crippen LogP contribution in [0.15, 0.2) is 42.5 Å². The number of ether oxygens (including phenoxy) is 3. The van der Waals surface area contributed by atoms with Crippen molar-refractivity contribution in [1.29, 1.82) is 0 Å². The lowest BCUT2D eigenvalue weighted by atomic mass is 9.98. The van der Waals surface area contributed by atoms with Crippen LogP contribution in [0.5, 0.6) is 11.5 Å². The van der Waals surface area contributed by atoms with Gasteiger partial charge in [0.15, 0.2) is 11.5 Å². The number of rotatable bonds is 6. The zero-order chi connectivity index (χ0) is 24.9. The Labute approximate surface area is 196 Å². The normalized spacial score (nSPS) is 15.1. The molecule has 1 saturated heterocycles. The molecule has 1 heterocycles. The maximum absolute atomic E-state index is 12.9. The predicted octanol–water partition coefficient (Wildman–Crippen LogP) is 6.09. The number of nitrogens with zero attached hydrogens (tertiary/aromatic N) is 1. The van der Waals surface area contributed by atoms with Gasteiger partial charge < -0.3 is 19.1 Å². The van der Waals surface area contributed by atoms with Crippen LogP contribution < -0.4 is 9.47 Å². The Morgan fingerprint density at radius 2 is 1.62 bits per heavy atom. The minimum Gasteiger partial charge on any atom is -0.489 e. The zero-order valence-electron chi connectivity index (χ0n) is 19.4. The van der Waals surface area contributed by atoms with Gasteiger partial charge in [-0.25, -0.2) is 4.79 Å². The summed E-state index contributed by atoms with van der Waals surface area (Å²) < 4.78 is 54.0. The third-order valence-corrected chi connectivity index (χ3v) is 5.29. The molecule has 2 aromatic carbocycles. The van der Waals surface area contributed by atoms with E-state index in [1.54, 1.807) is 49.9 Å². The molecule has 0 aromatic heterocycles. The van der Waals surface area contributed by atoms with Gasteiger partial charge in [0.2, 0.25) is 0 Å². The first kappa shape index (κ1) is 25.4. The minimum atomic E-state index is -4.86. The van der Waals surface area contributed by atoms with Crippen molar-refractivity contribution in [3.63, 3.8) is 0 Å². The van der Waals surface area contributed by atoms with Crippen LogP contribution in [0.2, 0.25) is 0 Å². The average Bonchev–Trinajstić information content (AvgIpc) is 2.76. The second kappa shape index (κ2) is 10.4. The van der Waals surface area contributed by atoms with E-state index in [1.807, 2.05) is 0 Å². The molecule has 0 unspecified atom stereocenters. The average molecular weight is 479 g/mol. The van der Waals surface area contributed by atoms with Crippen molar-refractivity contribution in [3.05, 3.63) is 48.0 Å². The van der Waals surface area contributed by atoms with Gasteiger partial charge in [0.05, 0.1) is 6.61 Å². The fraction of sp³-hybridized carbons (Fsp3) is 0.440. The second-order valence-corrected chi connectivity index (χ2v) is 9.17. The molecule has 1 fully saturated rings. The van der Waals surface area contributed by atoms with E-state index in [0.29, 0.717) is 43.3 Å². The van der Waals surface area contributed by atoms with Crippen LogP contribution >= 0.6 is 0 Å². The summed E-state index contributed by atoms with van der Waals surface area (Å²) in [7, 11) is 0. The van der Waals surface area contributed by atoms with Gasteiger partial charge in [-0.3, -0.25) is 4.79 Å². The van der Waals surface area contributed by atoms with Gasteiger partial charge in [-0.1, -0.05) is 30.3 Å². The van der Waals surface area contributed by atoms with Crippen LogP contribution in [0.1, 0.15) is 44.0 Å². The molecule has 34 heavy (non-hydrogen) atoms. The third-order valence-electron chi connectivity index (χ3n) is 5.29. The van der Waals surface area contributed by atoms with Crippen LogP contribution in [0.25, 0.3) is 11.1 Å². The topological polar surface area (TPSA) is 65.1 Å². The number of piperidine rings is 1. The van der Waals surface area contributed by atoms with E-state index in [-0.39, 0.29) is 24.4 Å². The molecule has 0 N–H and O–H groups in total. The van der Waals surface area contributed by atoms with E-state index >= 15 is 0 Å². The molecule has 0 saturated carbocycles. The maximum Gasteiger partial charge on any atom is 0.573 e. The first-order valence-electron chi connectivity index (χ1n) is 11.0. The van der Waals surface area contributed by atoms with Crippen LogP contribution in [-0.2, 0) is 4.74 Å². The first-order valence-corrected chi connectivity index (χ1v) is 11.0. The largest absolute Gasteiger partial charge is 0.573 e. The minimum absolute atomic E-state index is 0.0242. The van der Waals surface area contributed by atoms with Crippen molar-refractivity contribution in [2.75, 3.05) is 19.7 Å². The number of amides is 1. The number of aldehydes is 1. The summed E-state index contributed by atoms with van der Waals surface area (Å²) in [5, 5.41) is 0. The van der Waals surface area contributed by atoms with E-state index in [9.17, 15) is 22.8 Å². The van der Waals surface area contributed by atoms with Crippen molar-refractivity contribution >= 4 is 12.4 Å². The van der Waals surface area contributed by atoms with E-state index in [4.69, 9.17) is 9.47 Å². The van der Waals surface area contributed by atoms with Gasteiger partial charge in [-0.05, 0) is 62.8 Å². The van der Waals surface area contributed by atoms with Crippen molar-refractivity contribution in [3.8, 4) is 22.6 Å². The number of hydrogen-bond donors (Lipinski definition) is 0. The van der Waals surface area contributed by atoms with E-state index in [0.717, 1.165) is 5.56 Å². The van der Waals surface area contributed by atoms with Crippen LogP contribution in [0.4, 0.5) is 18.0 Å². The van der Waals surface area contributed by atoms with Crippen molar-refractivity contribution in [2.24, 2.45) is 5.92 Å². The van der Waals surface area contributed by atoms with Crippen LogP contribution in [0, 0.1) is 5.92 Å². The summed E-state index contributed by atoms with van der Waals surface area (Å²) in [6.45, 7) is 6.56. The Bertz CT molecular complexity index is 991. The zero-order valence-corrected chi connectivity index (χ0v) is 19.4. The number of hydrogen-bond acceptors (Lipinski definition) is 5. The highest BCUT2D eigenvalue weighted by atomic mass is 19.4. The van der Waals surface area contributed by atoms with E-state index in [1.165, 1.54) is 18.2 Å². The standard InChI is InChI=1S/C25H28F3NO5/c1-24(2,3)34-23(31)29-12-10-18(11-13-29)16-32-22-14-20(8-9-21(22)33-25(26,27)28)19-6-4-17(15-30)5-7-19/h4-9,14-15,18H,10-13,16H2,1-3H3. The number of carbonyl (C=O) groups excluding carboxylic acids is 2. The molecule has 0 aliphatic carbocycles. The van der Waals surface area contributed by atoms with E-state index < -0.39 is 17.7 Å². The number of carbonyl (C=O) groups is 2. The first-order chi connectivity index (χ1) is 15.9. The Morgan fingerprint density at radius 3 is 2.18 bits per heavy atom. The number of alkyl halides is 3. The molecular weight excluding hydrogens is 451 g/mol. The Kier molecular flexibility index (Phi) is 7.74. The SMILES string of the molecule is CC(C)(C)OC(=O)N1CCC(COc2cc(-c3ccc(C=O)cc3)ccc2OC(F)(F)F)CC1. The number of benzene rings is 2. The highest BCUT2D eigenvalue weighted by molar-refractivity contribution is 5.77. The lowest BCUT2D eigenvalue weighted by molar-refractivity contribution is -0.275. The lowest BCUT2D eigenvalue weighted by Gasteiger charge is -2.33. The molecule has 0 radical (unpaired) electrons. The van der Waals surface area contributed by atoms with Crippen LogP contribution in [-0.4, -0.2) is 48.9 Å².